The molecule has 0 unspecified atom stereocenters. The quantitative estimate of drug-likeness (QED) is 0.810. The van der Waals surface area contributed by atoms with E-state index in [1.54, 1.807) is 13.3 Å². The zero-order valence-corrected chi connectivity index (χ0v) is 16.5. The molecule has 2 heterocycles. The van der Waals surface area contributed by atoms with E-state index in [9.17, 15) is 4.79 Å². The lowest BCUT2D eigenvalue weighted by Gasteiger charge is -2.24. The normalized spacial score (nSPS) is 18.2. The molecule has 0 radical (unpaired) electrons. The summed E-state index contributed by atoms with van der Waals surface area (Å²) in [5, 5.41) is 0. The Kier molecular flexibility index (Phi) is 6.40. The Labute approximate surface area is 161 Å². The second kappa shape index (κ2) is 8.95. The molecular formula is C21H29N5O. The van der Waals surface area contributed by atoms with Gasteiger partial charge in [0.2, 0.25) is 5.91 Å². The maximum Gasteiger partial charge on any atom is 0.219 e. The van der Waals surface area contributed by atoms with Crippen molar-refractivity contribution in [2.45, 2.75) is 19.9 Å². The minimum absolute atomic E-state index is 0.151. The van der Waals surface area contributed by atoms with E-state index in [2.05, 4.69) is 39.1 Å². The SMILES string of the molecule is CC(=O)N1CCN(Cc2ccccc2)C[C@H](Cc2cc(N(C)C)ncn2)C1. The number of aromatic nitrogens is 2. The maximum absolute atomic E-state index is 12.0. The molecule has 1 aliphatic rings. The van der Waals surface area contributed by atoms with Gasteiger partial charge < -0.3 is 9.80 Å². The molecule has 1 aliphatic heterocycles. The fourth-order valence-electron chi connectivity index (χ4n) is 3.62. The molecule has 1 fully saturated rings. The van der Waals surface area contributed by atoms with E-state index in [1.165, 1.54) is 5.56 Å². The zero-order chi connectivity index (χ0) is 19.2. The summed E-state index contributed by atoms with van der Waals surface area (Å²) in [4.78, 5) is 27.2. The number of carbonyl (C=O) groups excluding carboxylic acids is 1. The Morgan fingerprint density at radius 1 is 1.15 bits per heavy atom. The summed E-state index contributed by atoms with van der Waals surface area (Å²) in [7, 11) is 3.97. The van der Waals surface area contributed by atoms with Crippen molar-refractivity contribution in [1.82, 2.24) is 19.8 Å². The van der Waals surface area contributed by atoms with Crippen molar-refractivity contribution in [2.24, 2.45) is 5.92 Å². The van der Waals surface area contributed by atoms with Crippen LogP contribution in [0, 0.1) is 5.92 Å². The first-order chi connectivity index (χ1) is 13.0. The van der Waals surface area contributed by atoms with E-state index >= 15 is 0 Å². The number of benzene rings is 1. The molecule has 27 heavy (non-hydrogen) atoms. The lowest BCUT2D eigenvalue weighted by molar-refractivity contribution is -0.129. The summed E-state index contributed by atoms with van der Waals surface area (Å²) < 4.78 is 0. The van der Waals surface area contributed by atoms with E-state index in [4.69, 9.17) is 0 Å². The van der Waals surface area contributed by atoms with Crippen LogP contribution in [0.3, 0.4) is 0 Å². The van der Waals surface area contributed by atoms with Crippen molar-refractivity contribution in [2.75, 3.05) is 45.2 Å². The maximum atomic E-state index is 12.0. The third kappa shape index (κ3) is 5.50. The second-order valence-electron chi connectivity index (χ2n) is 7.52. The monoisotopic (exact) mass is 367 g/mol. The van der Waals surface area contributed by atoms with Gasteiger partial charge in [0.1, 0.15) is 12.1 Å². The Hall–Kier alpha value is -2.47. The molecule has 1 saturated heterocycles. The Morgan fingerprint density at radius 3 is 2.63 bits per heavy atom. The lowest BCUT2D eigenvalue weighted by Crippen LogP contribution is -2.34. The number of carbonyl (C=O) groups is 1. The van der Waals surface area contributed by atoms with Crippen LogP contribution in [0.2, 0.25) is 0 Å². The molecule has 6 heteroatoms. The van der Waals surface area contributed by atoms with E-state index in [-0.39, 0.29) is 5.91 Å². The average Bonchev–Trinajstić information content (AvgIpc) is 2.85. The first-order valence-electron chi connectivity index (χ1n) is 9.51. The molecule has 1 atom stereocenters. The predicted octanol–water partition coefficient (Wildman–Crippen LogP) is 2.07. The van der Waals surface area contributed by atoms with Crippen LogP contribution in [0.4, 0.5) is 5.82 Å². The van der Waals surface area contributed by atoms with Gasteiger partial charge in [-0.05, 0) is 17.9 Å². The average molecular weight is 367 g/mol. The van der Waals surface area contributed by atoms with Gasteiger partial charge in [0.25, 0.3) is 0 Å². The van der Waals surface area contributed by atoms with Crippen LogP contribution < -0.4 is 4.90 Å². The minimum Gasteiger partial charge on any atom is -0.363 e. The van der Waals surface area contributed by atoms with Crippen LogP contribution >= 0.6 is 0 Å². The third-order valence-corrected chi connectivity index (χ3v) is 5.04. The smallest absolute Gasteiger partial charge is 0.219 e. The largest absolute Gasteiger partial charge is 0.363 e. The van der Waals surface area contributed by atoms with Crippen molar-refractivity contribution in [3.05, 3.63) is 54.0 Å². The van der Waals surface area contributed by atoms with Crippen molar-refractivity contribution in [3.8, 4) is 0 Å². The van der Waals surface area contributed by atoms with E-state index < -0.39 is 0 Å². The Balaban J connectivity index is 1.74. The highest BCUT2D eigenvalue weighted by Gasteiger charge is 2.25. The number of hydrogen-bond donors (Lipinski definition) is 0. The zero-order valence-electron chi connectivity index (χ0n) is 16.5. The van der Waals surface area contributed by atoms with Crippen LogP contribution in [0.25, 0.3) is 0 Å². The van der Waals surface area contributed by atoms with Gasteiger partial charge in [-0.2, -0.15) is 0 Å². The lowest BCUT2D eigenvalue weighted by atomic mass is 10.0. The number of hydrogen-bond acceptors (Lipinski definition) is 5. The summed E-state index contributed by atoms with van der Waals surface area (Å²) in [5.41, 5.74) is 2.34. The number of rotatable bonds is 5. The van der Waals surface area contributed by atoms with Gasteiger partial charge in [0, 0.05) is 65.5 Å². The molecule has 144 valence electrons. The van der Waals surface area contributed by atoms with Crippen molar-refractivity contribution < 1.29 is 4.79 Å². The van der Waals surface area contributed by atoms with Crippen LogP contribution in [0.1, 0.15) is 18.2 Å². The van der Waals surface area contributed by atoms with Gasteiger partial charge in [-0.25, -0.2) is 9.97 Å². The topological polar surface area (TPSA) is 52.6 Å². The molecule has 0 bridgehead atoms. The molecule has 2 aromatic rings. The number of amides is 1. The van der Waals surface area contributed by atoms with Gasteiger partial charge in [-0.1, -0.05) is 30.3 Å². The molecule has 6 nitrogen and oxygen atoms in total. The van der Waals surface area contributed by atoms with Gasteiger partial charge in [-0.15, -0.1) is 0 Å². The fraction of sp³-hybridized carbons (Fsp3) is 0.476. The number of anilines is 1. The summed E-state index contributed by atoms with van der Waals surface area (Å²) in [6.07, 6.45) is 2.48. The van der Waals surface area contributed by atoms with Crippen LogP contribution in [-0.2, 0) is 17.8 Å². The highest BCUT2D eigenvalue weighted by Crippen LogP contribution is 2.18. The molecular weight excluding hydrogens is 338 g/mol. The summed E-state index contributed by atoms with van der Waals surface area (Å²) in [6.45, 7) is 6.00. The Bertz CT molecular complexity index is 749. The molecule has 1 aromatic heterocycles. The molecule has 1 aromatic carbocycles. The van der Waals surface area contributed by atoms with Gasteiger partial charge in [0.05, 0.1) is 0 Å². The third-order valence-electron chi connectivity index (χ3n) is 5.04. The van der Waals surface area contributed by atoms with Crippen molar-refractivity contribution >= 4 is 11.7 Å². The van der Waals surface area contributed by atoms with Gasteiger partial charge in [-0.3, -0.25) is 9.69 Å². The predicted molar refractivity (Wildman–Crippen MR) is 108 cm³/mol. The summed E-state index contributed by atoms with van der Waals surface area (Å²) in [5.74, 6) is 1.42. The van der Waals surface area contributed by atoms with Crippen molar-refractivity contribution in [1.29, 1.82) is 0 Å². The van der Waals surface area contributed by atoms with Crippen LogP contribution in [0.5, 0.6) is 0 Å². The summed E-state index contributed by atoms with van der Waals surface area (Å²) in [6, 6.07) is 12.6. The van der Waals surface area contributed by atoms with Crippen LogP contribution in [0.15, 0.2) is 42.7 Å². The molecule has 1 amide bonds. The fourth-order valence-corrected chi connectivity index (χ4v) is 3.62. The van der Waals surface area contributed by atoms with Gasteiger partial charge in [0.15, 0.2) is 0 Å². The second-order valence-corrected chi connectivity index (χ2v) is 7.52. The minimum atomic E-state index is 0.151. The molecule has 0 saturated carbocycles. The highest BCUT2D eigenvalue weighted by atomic mass is 16.2. The van der Waals surface area contributed by atoms with E-state index in [1.807, 2.05) is 36.0 Å². The molecule has 3 rings (SSSR count). The van der Waals surface area contributed by atoms with Gasteiger partial charge >= 0.3 is 0 Å². The molecule has 0 aliphatic carbocycles. The van der Waals surface area contributed by atoms with E-state index in [0.29, 0.717) is 5.92 Å². The first kappa shape index (κ1) is 19.3. The van der Waals surface area contributed by atoms with Crippen molar-refractivity contribution in [3.63, 3.8) is 0 Å². The molecule has 0 N–H and O–H groups in total. The van der Waals surface area contributed by atoms with E-state index in [0.717, 1.165) is 50.7 Å². The number of nitrogens with zero attached hydrogens (tertiary/aromatic N) is 5. The molecule has 0 spiro atoms. The summed E-state index contributed by atoms with van der Waals surface area (Å²) >= 11 is 0. The Morgan fingerprint density at radius 2 is 1.93 bits per heavy atom. The highest BCUT2D eigenvalue weighted by molar-refractivity contribution is 5.73. The first-order valence-corrected chi connectivity index (χ1v) is 9.51. The van der Waals surface area contributed by atoms with Crippen LogP contribution in [-0.4, -0.2) is 65.9 Å². The standard InChI is InChI=1S/C21H29N5O/c1-17(27)26-10-9-25(13-18-7-5-4-6-8-18)14-19(15-26)11-20-12-21(24(2)3)23-16-22-20/h4-8,12,16,19H,9-11,13-15H2,1-3H3/t19-/m0/s1.